The molecule has 0 unspecified atom stereocenters. The molecule has 0 saturated heterocycles. The summed E-state index contributed by atoms with van der Waals surface area (Å²) in [6.45, 7) is -0.269. The normalized spacial score (nSPS) is 11.3. The molecule has 0 aliphatic rings. The van der Waals surface area contributed by atoms with Crippen molar-refractivity contribution in [3.63, 3.8) is 0 Å². The van der Waals surface area contributed by atoms with Crippen molar-refractivity contribution in [3.05, 3.63) is 47.6 Å². The lowest BCUT2D eigenvalue weighted by atomic mass is 10.1. The molecular formula is C12H12O4. The Labute approximate surface area is 92.8 Å². The van der Waals surface area contributed by atoms with Crippen LogP contribution in [-0.4, -0.2) is 21.3 Å². The summed E-state index contributed by atoms with van der Waals surface area (Å²) in [5.74, 6) is -1.00. The molecule has 1 rings (SSSR count). The minimum absolute atomic E-state index is 0.0202. The van der Waals surface area contributed by atoms with Gasteiger partial charge in [0.15, 0.2) is 0 Å². The van der Waals surface area contributed by atoms with Gasteiger partial charge in [-0.2, -0.15) is 0 Å². The number of aliphatic hydroxyl groups excluding tert-OH is 1. The number of aliphatic hydroxyl groups is 1. The van der Waals surface area contributed by atoms with Gasteiger partial charge in [0.2, 0.25) is 0 Å². The van der Waals surface area contributed by atoms with Crippen molar-refractivity contribution < 1.29 is 20.1 Å². The van der Waals surface area contributed by atoms with Gasteiger partial charge in [-0.25, -0.2) is 4.79 Å². The molecule has 3 N–H and O–H groups in total. The van der Waals surface area contributed by atoms with Crippen LogP contribution in [0.3, 0.4) is 0 Å². The molecule has 0 aliphatic heterocycles. The first-order chi connectivity index (χ1) is 7.65. The smallest absolute Gasteiger partial charge is 0.328 e. The fraction of sp³-hybridized carbons (Fsp3) is 0.0833. The first-order valence-electron chi connectivity index (χ1n) is 4.64. The predicted octanol–water partition coefficient (Wildman–Crippen LogP) is 1.54. The zero-order valence-corrected chi connectivity index (χ0v) is 8.50. The molecule has 0 heterocycles. The molecule has 0 fully saturated rings. The maximum atomic E-state index is 10.2. The van der Waals surface area contributed by atoms with Crippen LogP contribution in [0.4, 0.5) is 0 Å². The van der Waals surface area contributed by atoms with Gasteiger partial charge in [-0.1, -0.05) is 30.4 Å². The summed E-state index contributed by atoms with van der Waals surface area (Å²) in [7, 11) is 0. The van der Waals surface area contributed by atoms with E-state index in [1.165, 1.54) is 18.2 Å². The molecule has 0 aliphatic carbocycles. The summed E-state index contributed by atoms with van der Waals surface area (Å²) >= 11 is 0. The molecule has 1 aromatic rings. The van der Waals surface area contributed by atoms with Gasteiger partial charge in [0, 0.05) is 11.6 Å². The molecule has 1 aromatic carbocycles. The van der Waals surface area contributed by atoms with Crippen LogP contribution in [0.25, 0.3) is 6.08 Å². The van der Waals surface area contributed by atoms with Crippen molar-refractivity contribution in [1.82, 2.24) is 0 Å². The van der Waals surface area contributed by atoms with Crippen LogP contribution < -0.4 is 0 Å². The Morgan fingerprint density at radius 1 is 1.31 bits per heavy atom. The number of hydrogen-bond donors (Lipinski definition) is 3. The van der Waals surface area contributed by atoms with E-state index in [9.17, 15) is 9.90 Å². The van der Waals surface area contributed by atoms with Crippen molar-refractivity contribution in [2.45, 2.75) is 6.61 Å². The van der Waals surface area contributed by atoms with Gasteiger partial charge >= 0.3 is 5.97 Å². The molecule has 84 valence electrons. The van der Waals surface area contributed by atoms with E-state index in [1.54, 1.807) is 18.2 Å². The fourth-order valence-corrected chi connectivity index (χ4v) is 1.22. The highest BCUT2D eigenvalue weighted by atomic mass is 16.4. The Balaban J connectivity index is 2.88. The maximum absolute atomic E-state index is 10.2. The predicted molar refractivity (Wildman–Crippen MR) is 59.8 cm³/mol. The fourth-order valence-electron chi connectivity index (χ4n) is 1.22. The highest BCUT2D eigenvalue weighted by molar-refractivity contribution is 5.80. The van der Waals surface area contributed by atoms with E-state index in [0.29, 0.717) is 11.1 Å². The number of hydrogen-bond acceptors (Lipinski definition) is 3. The quantitative estimate of drug-likeness (QED) is 0.531. The zero-order valence-electron chi connectivity index (χ0n) is 8.50. The van der Waals surface area contributed by atoms with Crippen molar-refractivity contribution >= 4 is 12.0 Å². The molecular weight excluding hydrogens is 208 g/mol. The first-order valence-corrected chi connectivity index (χ1v) is 4.64. The summed E-state index contributed by atoms with van der Waals surface area (Å²) in [5, 5.41) is 26.8. The van der Waals surface area contributed by atoms with Crippen molar-refractivity contribution in [3.8, 4) is 5.75 Å². The van der Waals surface area contributed by atoms with E-state index < -0.39 is 5.97 Å². The van der Waals surface area contributed by atoms with Crippen molar-refractivity contribution in [2.75, 3.05) is 0 Å². The third kappa shape index (κ3) is 3.25. The highest BCUT2D eigenvalue weighted by Crippen LogP contribution is 2.21. The van der Waals surface area contributed by atoms with E-state index >= 15 is 0 Å². The Morgan fingerprint density at radius 3 is 2.69 bits per heavy atom. The van der Waals surface area contributed by atoms with E-state index in [1.807, 2.05) is 0 Å². The number of carboxylic acid groups (broad SMARTS) is 1. The Hall–Kier alpha value is -2.07. The van der Waals surface area contributed by atoms with Crippen LogP contribution in [0.5, 0.6) is 5.75 Å². The number of allylic oxidation sites excluding steroid dienone is 2. The lowest BCUT2D eigenvalue weighted by Crippen LogP contribution is -1.88. The molecule has 0 bridgehead atoms. The number of carbonyl (C=O) groups is 1. The second-order valence-corrected chi connectivity index (χ2v) is 3.06. The lowest BCUT2D eigenvalue weighted by Gasteiger charge is -2.04. The average molecular weight is 220 g/mol. The average Bonchev–Trinajstić information content (AvgIpc) is 2.24. The van der Waals surface area contributed by atoms with Crippen LogP contribution >= 0.6 is 0 Å². The van der Waals surface area contributed by atoms with Gasteiger partial charge in [-0.15, -0.1) is 0 Å². The van der Waals surface area contributed by atoms with Gasteiger partial charge in [0.1, 0.15) is 5.75 Å². The minimum atomic E-state index is -1.03. The topological polar surface area (TPSA) is 77.8 Å². The van der Waals surface area contributed by atoms with Crippen LogP contribution in [0.15, 0.2) is 36.4 Å². The number of carboxylic acids is 1. The van der Waals surface area contributed by atoms with E-state index in [2.05, 4.69) is 0 Å². The van der Waals surface area contributed by atoms with Gasteiger partial charge in [-0.05, 0) is 11.6 Å². The molecule has 0 saturated carbocycles. The minimum Gasteiger partial charge on any atom is -0.508 e. The van der Waals surface area contributed by atoms with E-state index in [0.717, 1.165) is 6.08 Å². The SMILES string of the molecule is O=C(O)/C=C/C=C/c1cccc(O)c1CO. The molecule has 0 radical (unpaired) electrons. The van der Waals surface area contributed by atoms with Crippen molar-refractivity contribution in [2.24, 2.45) is 0 Å². The van der Waals surface area contributed by atoms with E-state index in [4.69, 9.17) is 10.2 Å². The van der Waals surface area contributed by atoms with E-state index in [-0.39, 0.29) is 12.4 Å². The van der Waals surface area contributed by atoms with Crippen LogP contribution in [0.2, 0.25) is 0 Å². The molecule has 0 atom stereocenters. The second-order valence-electron chi connectivity index (χ2n) is 3.06. The molecule has 16 heavy (non-hydrogen) atoms. The number of aliphatic carboxylic acids is 1. The third-order valence-electron chi connectivity index (χ3n) is 1.97. The standard InChI is InChI=1S/C12H12O4/c13-8-10-9(5-3-6-11(10)14)4-1-2-7-12(15)16/h1-7,13-14H,8H2,(H,15,16)/b4-1+,7-2+. The maximum Gasteiger partial charge on any atom is 0.328 e. The highest BCUT2D eigenvalue weighted by Gasteiger charge is 2.02. The third-order valence-corrected chi connectivity index (χ3v) is 1.97. The van der Waals surface area contributed by atoms with Gasteiger partial charge in [-0.3, -0.25) is 0 Å². The number of rotatable bonds is 4. The van der Waals surface area contributed by atoms with Crippen LogP contribution in [0.1, 0.15) is 11.1 Å². The first kappa shape index (κ1) is 12.0. The van der Waals surface area contributed by atoms with Crippen LogP contribution in [-0.2, 0) is 11.4 Å². The molecule has 0 aromatic heterocycles. The summed E-state index contributed by atoms with van der Waals surface area (Å²) in [5.41, 5.74) is 1.07. The Bertz CT molecular complexity index is 433. The largest absolute Gasteiger partial charge is 0.508 e. The van der Waals surface area contributed by atoms with Gasteiger partial charge in [0.25, 0.3) is 0 Å². The summed E-state index contributed by atoms with van der Waals surface area (Å²) < 4.78 is 0. The van der Waals surface area contributed by atoms with Crippen molar-refractivity contribution in [1.29, 1.82) is 0 Å². The van der Waals surface area contributed by atoms with Gasteiger partial charge < -0.3 is 15.3 Å². The number of phenols is 1. The molecule has 0 amide bonds. The summed E-state index contributed by atoms with van der Waals surface area (Å²) in [4.78, 5) is 10.2. The summed E-state index contributed by atoms with van der Waals surface area (Å²) in [6.07, 6.45) is 5.51. The number of aromatic hydroxyl groups is 1. The zero-order chi connectivity index (χ0) is 12.0. The Morgan fingerprint density at radius 2 is 2.06 bits per heavy atom. The molecule has 4 nitrogen and oxygen atoms in total. The second kappa shape index (κ2) is 5.72. The lowest BCUT2D eigenvalue weighted by molar-refractivity contribution is -0.131. The number of benzene rings is 1. The van der Waals surface area contributed by atoms with Crippen LogP contribution in [0, 0.1) is 0 Å². The van der Waals surface area contributed by atoms with Gasteiger partial charge in [0.05, 0.1) is 6.61 Å². The molecule has 0 spiro atoms. The Kier molecular flexibility index (Phi) is 4.29. The molecule has 4 heteroatoms. The monoisotopic (exact) mass is 220 g/mol. The summed E-state index contributed by atoms with van der Waals surface area (Å²) in [6, 6.07) is 4.85.